The summed E-state index contributed by atoms with van der Waals surface area (Å²) in [4.78, 5) is 4.45. The van der Waals surface area contributed by atoms with Crippen molar-refractivity contribution in [2.24, 2.45) is 0 Å². The van der Waals surface area contributed by atoms with Gasteiger partial charge in [0.05, 0.1) is 0 Å². The van der Waals surface area contributed by atoms with Crippen LogP contribution in [0.5, 0.6) is 0 Å². The minimum atomic E-state index is 0.562. The van der Waals surface area contributed by atoms with Gasteiger partial charge in [0.2, 0.25) is 5.82 Å². The molecule has 0 unspecified atom stereocenters. The van der Waals surface area contributed by atoms with Crippen LogP contribution in [0.2, 0.25) is 0 Å². The first-order valence-corrected chi connectivity index (χ1v) is 6.85. The molecule has 0 radical (unpaired) electrons. The molecule has 0 aliphatic rings. The molecule has 0 saturated carbocycles. The minimum absolute atomic E-state index is 0.562. The van der Waals surface area contributed by atoms with E-state index in [1.807, 2.05) is 42.5 Å². The van der Waals surface area contributed by atoms with Crippen LogP contribution in [0.3, 0.4) is 0 Å². The highest BCUT2D eigenvalue weighted by molar-refractivity contribution is 5.59. The van der Waals surface area contributed by atoms with Crippen LogP contribution in [0.4, 0.5) is 0 Å². The largest absolute Gasteiger partial charge is 0.334 e. The van der Waals surface area contributed by atoms with Crippen molar-refractivity contribution in [3.8, 4) is 22.8 Å². The van der Waals surface area contributed by atoms with Crippen LogP contribution in [-0.4, -0.2) is 10.1 Å². The van der Waals surface area contributed by atoms with E-state index in [-0.39, 0.29) is 0 Å². The summed E-state index contributed by atoms with van der Waals surface area (Å²) in [6, 6.07) is 18.1. The lowest BCUT2D eigenvalue weighted by Gasteiger charge is -1.99. The van der Waals surface area contributed by atoms with E-state index in [0.717, 1.165) is 24.0 Å². The summed E-state index contributed by atoms with van der Waals surface area (Å²) in [6.07, 6.45) is 2.25. The highest BCUT2D eigenvalue weighted by atomic mass is 16.5. The molecule has 0 aliphatic carbocycles. The van der Waals surface area contributed by atoms with Gasteiger partial charge in [0.25, 0.3) is 5.89 Å². The predicted octanol–water partition coefficient (Wildman–Crippen LogP) is 4.36. The van der Waals surface area contributed by atoms with Crippen molar-refractivity contribution in [1.29, 1.82) is 0 Å². The van der Waals surface area contributed by atoms with Gasteiger partial charge in [-0.1, -0.05) is 61.0 Å². The van der Waals surface area contributed by atoms with Crippen molar-refractivity contribution in [2.75, 3.05) is 0 Å². The first-order chi connectivity index (χ1) is 9.86. The number of aromatic nitrogens is 2. The molecule has 1 aromatic heterocycles. The third-order valence-corrected chi connectivity index (χ3v) is 3.20. The average Bonchev–Trinajstić information content (AvgIpc) is 2.99. The molecule has 0 N–H and O–H groups in total. The Labute approximate surface area is 118 Å². The predicted molar refractivity (Wildman–Crippen MR) is 79.2 cm³/mol. The molecule has 20 heavy (non-hydrogen) atoms. The quantitative estimate of drug-likeness (QED) is 0.703. The fourth-order valence-electron chi connectivity index (χ4n) is 2.15. The second kappa shape index (κ2) is 5.70. The summed E-state index contributed by atoms with van der Waals surface area (Å²) >= 11 is 0. The van der Waals surface area contributed by atoms with Crippen molar-refractivity contribution >= 4 is 0 Å². The molecule has 3 nitrogen and oxygen atoms in total. The molecule has 0 amide bonds. The molecule has 3 heteroatoms. The summed E-state index contributed by atoms with van der Waals surface area (Å²) in [7, 11) is 0. The van der Waals surface area contributed by atoms with E-state index >= 15 is 0 Å². The van der Waals surface area contributed by atoms with E-state index in [1.165, 1.54) is 5.56 Å². The second-order valence-corrected chi connectivity index (χ2v) is 4.74. The van der Waals surface area contributed by atoms with Gasteiger partial charge in [-0.2, -0.15) is 4.98 Å². The summed E-state index contributed by atoms with van der Waals surface area (Å²) in [5.74, 6) is 1.19. The third kappa shape index (κ3) is 2.62. The Morgan fingerprint density at radius 1 is 0.900 bits per heavy atom. The van der Waals surface area contributed by atoms with E-state index in [4.69, 9.17) is 4.52 Å². The minimum Gasteiger partial charge on any atom is -0.334 e. The zero-order chi connectivity index (χ0) is 13.8. The summed E-state index contributed by atoms with van der Waals surface area (Å²) < 4.78 is 5.34. The highest BCUT2D eigenvalue weighted by Crippen LogP contribution is 2.22. The van der Waals surface area contributed by atoms with Gasteiger partial charge in [-0.25, -0.2) is 0 Å². The molecular formula is C17H16N2O. The van der Waals surface area contributed by atoms with Crippen molar-refractivity contribution in [3.05, 3.63) is 60.2 Å². The molecule has 100 valence electrons. The second-order valence-electron chi connectivity index (χ2n) is 4.74. The Kier molecular flexibility index (Phi) is 3.59. The number of hydrogen-bond donors (Lipinski definition) is 0. The number of benzene rings is 2. The zero-order valence-corrected chi connectivity index (χ0v) is 11.4. The summed E-state index contributed by atoms with van der Waals surface area (Å²) in [5, 5.41) is 4.04. The highest BCUT2D eigenvalue weighted by Gasteiger charge is 2.09. The smallest absolute Gasteiger partial charge is 0.258 e. The fraction of sp³-hybridized carbons (Fsp3) is 0.176. The fourth-order valence-corrected chi connectivity index (χ4v) is 2.15. The number of rotatable bonds is 4. The normalized spacial score (nSPS) is 10.7. The zero-order valence-electron chi connectivity index (χ0n) is 11.4. The van der Waals surface area contributed by atoms with Crippen molar-refractivity contribution in [2.45, 2.75) is 19.8 Å². The van der Waals surface area contributed by atoms with Crippen molar-refractivity contribution in [1.82, 2.24) is 10.1 Å². The van der Waals surface area contributed by atoms with Crippen molar-refractivity contribution in [3.63, 3.8) is 0 Å². The Bertz CT molecular complexity index is 672. The van der Waals surface area contributed by atoms with Crippen LogP contribution in [0.25, 0.3) is 22.8 Å². The molecule has 0 bridgehead atoms. The van der Waals surface area contributed by atoms with Crippen LogP contribution in [0.1, 0.15) is 18.9 Å². The number of hydrogen-bond acceptors (Lipinski definition) is 3. The molecule has 2 aromatic carbocycles. The van der Waals surface area contributed by atoms with Gasteiger partial charge in [0.15, 0.2) is 0 Å². The van der Waals surface area contributed by atoms with Crippen LogP contribution < -0.4 is 0 Å². The lowest BCUT2D eigenvalue weighted by molar-refractivity contribution is 0.432. The molecule has 0 fully saturated rings. The summed E-state index contributed by atoms with van der Waals surface area (Å²) in [6.45, 7) is 2.18. The molecule has 1 heterocycles. The van der Waals surface area contributed by atoms with Crippen LogP contribution >= 0.6 is 0 Å². The van der Waals surface area contributed by atoms with Crippen LogP contribution in [0.15, 0.2) is 59.1 Å². The molecule has 0 saturated heterocycles. The summed E-state index contributed by atoms with van der Waals surface area (Å²) in [5.41, 5.74) is 3.25. The molecule has 3 rings (SSSR count). The third-order valence-electron chi connectivity index (χ3n) is 3.20. The van der Waals surface area contributed by atoms with Gasteiger partial charge >= 0.3 is 0 Å². The van der Waals surface area contributed by atoms with Crippen LogP contribution in [0, 0.1) is 0 Å². The topological polar surface area (TPSA) is 38.9 Å². The number of aryl methyl sites for hydroxylation is 1. The van der Waals surface area contributed by atoms with Gasteiger partial charge < -0.3 is 4.52 Å². The van der Waals surface area contributed by atoms with Gasteiger partial charge in [-0.05, 0) is 24.1 Å². The van der Waals surface area contributed by atoms with E-state index in [0.29, 0.717) is 11.7 Å². The van der Waals surface area contributed by atoms with Crippen LogP contribution in [-0.2, 0) is 6.42 Å². The Morgan fingerprint density at radius 2 is 1.65 bits per heavy atom. The average molecular weight is 264 g/mol. The van der Waals surface area contributed by atoms with Gasteiger partial charge in [-0.15, -0.1) is 0 Å². The molecule has 0 aliphatic heterocycles. The Balaban J connectivity index is 1.86. The van der Waals surface area contributed by atoms with E-state index in [9.17, 15) is 0 Å². The SMILES string of the molecule is CCCc1ccc(-c2nc(-c3ccccc3)no2)cc1. The Morgan fingerprint density at radius 3 is 2.35 bits per heavy atom. The van der Waals surface area contributed by atoms with E-state index < -0.39 is 0 Å². The maximum atomic E-state index is 5.34. The molecular weight excluding hydrogens is 248 g/mol. The monoisotopic (exact) mass is 264 g/mol. The van der Waals surface area contributed by atoms with Crippen molar-refractivity contribution < 1.29 is 4.52 Å². The first-order valence-electron chi connectivity index (χ1n) is 6.85. The lowest BCUT2D eigenvalue weighted by atomic mass is 10.1. The van der Waals surface area contributed by atoms with E-state index in [1.54, 1.807) is 0 Å². The first kappa shape index (κ1) is 12.6. The van der Waals surface area contributed by atoms with Gasteiger partial charge in [-0.3, -0.25) is 0 Å². The standard InChI is InChI=1S/C17H16N2O/c1-2-6-13-9-11-15(12-10-13)17-18-16(19-20-17)14-7-4-3-5-8-14/h3-5,7-12H,2,6H2,1H3. The Hall–Kier alpha value is -2.42. The molecule has 0 atom stereocenters. The molecule has 0 spiro atoms. The van der Waals surface area contributed by atoms with Gasteiger partial charge in [0, 0.05) is 11.1 Å². The molecule has 3 aromatic rings. The maximum absolute atomic E-state index is 5.34. The van der Waals surface area contributed by atoms with Gasteiger partial charge in [0.1, 0.15) is 0 Å². The number of nitrogens with zero attached hydrogens (tertiary/aromatic N) is 2. The maximum Gasteiger partial charge on any atom is 0.258 e. The lowest BCUT2D eigenvalue weighted by Crippen LogP contribution is -1.84. The van der Waals surface area contributed by atoms with E-state index in [2.05, 4.69) is 29.2 Å².